The van der Waals surface area contributed by atoms with Crippen molar-refractivity contribution < 1.29 is 13.7 Å². The summed E-state index contributed by atoms with van der Waals surface area (Å²) in [6.07, 6.45) is 1.58. The Hall–Kier alpha value is -1.11. The van der Waals surface area contributed by atoms with Crippen molar-refractivity contribution in [2.45, 2.75) is 23.8 Å². The van der Waals surface area contributed by atoms with Crippen molar-refractivity contribution >= 4 is 34.0 Å². The number of halogens is 1. The third-order valence-corrected chi connectivity index (χ3v) is 4.84. The Kier molecular flexibility index (Phi) is 5.39. The van der Waals surface area contributed by atoms with Crippen LogP contribution in [0.5, 0.6) is 0 Å². The van der Waals surface area contributed by atoms with Crippen LogP contribution in [-0.2, 0) is 20.3 Å². The monoisotopic (exact) mass is 316 g/mol. The highest BCUT2D eigenvalue weighted by Gasteiger charge is 2.19. The van der Waals surface area contributed by atoms with Gasteiger partial charge in [-0.15, -0.1) is 0 Å². The second kappa shape index (κ2) is 7.06. The van der Waals surface area contributed by atoms with E-state index in [-0.39, 0.29) is 17.7 Å². The standard InChI is InChI=1S/C13H17ClN2O3S/c14-11-2-1-9(15)7-12(11)20(18)8-13(17)16-10-3-5-19-6-4-10/h1-2,7,10H,3-6,8,15H2,(H,16,17). The molecule has 1 aromatic rings. The van der Waals surface area contributed by atoms with Crippen LogP contribution in [0.3, 0.4) is 0 Å². The number of carbonyl (C=O) groups excluding carboxylic acids is 1. The number of nitrogen functional groups attached to an aromatic ring is 1. The van der Waals surface area contributed by atoms with Crippen molar-refractivity contribution in [2.24, 2.45) is 0 Å². The Balaban J connectivity index is 1.93. The van der Waals surface area contributed by atoms with E-state index in [1.807, 2.05) is 0 Å². The van der Waals surface area contributed by atoms with E-state index in [9.17, 15) is 9.00 Å². The van der Waals surface area contributed by atoms with Crippen molar-refractivity contribution in [2.75, 3.05) is 24.7 Å². The normalized spacial score (nSPS) is 17.6. The molecule has 0 radical (unpaired) electrons. The van der Waals surface area contributed by atoms with Crippen LogP contribution in [0.4, 0.5) is 5.69 Å². The molecule has 1 aromatic carbocycles. The molecule has 1 unspecified atom stereocenters. The number of hydrogen-bond donors (Lipinski definition) is 2. The molecule has 1 heterocycles. The molecular weight excluding hydrogens is 300 g/mol. The van der Waals surface area contributed by atoms with Crippen molar-refractivity contribution in [3.8, 4) is 0 Å². The highest BCUT2D eigenvalue weighted by molar-refractivity contribution is 7.85. The first kappa shape index (κ1) is 15.3. The zero-order chi connectivity index (χ0) is 14.5. The van der Waals surface area contributed by atoms with E-state index < -0.39 is 10.8 Å². The fourth-order valence-electron chi connectivity index (χ4n) is 2.00. The molecule has 1 aliphatic heterocycles. The van der Waals surface area contributed by atoms with Gasteiger partial charge in [0.25, 0.3) is 0 Å². The summed E-state index contributed by atoms with van der Waals surface area (Å²) in [6, 6.07) is 4.86. The van der Waals surface area contributed by atoms with Gasteiger partial charge in [0, 0.05) is 24.9 Å². The van der Waals surface area contributed by atoms with Crippen molar-refractivity contribution in [3.05, 3.63) is 23.2 Å². The van der Waals surface area contributed by atoms with E-state index in [0.29, 0.717) is 28.8 Å². The van der Waals surface area contributed by atoms with Gasteiger partial charge in [-0.25, -0.2) is 0 Å². The highest BCUT2D eigenvalue weighted by atomic mass is 35.5. The summed E-state index contributed by atoms with van der Waals surface area (Å²) >= 11 is 5.97. The van der Waals surface area contributed by atoms with Gasteiger partial charge in [0.15, 0.2) is 0 Å². The van der Waals surface area contributed by atoms with Crippen LogP contribution in [0.25, 0.3) is 0 Å². The fourth-order valence-corrected chi connectivity index (χ4v) is 3.41. The molecular formula is C13H17ClN2O3S. The fraction of sp³-hybridized carbons (Fsp3) is 0.462. The van der Waals surface area contributed by atoms with Gasteiger partial charge < -0.3 is 15.8 Å². The van der Waals surface area contributed by atoms with Crippen molar-refractivity contribution in [3.63, 3.8) is 0 Å². The minimum absolute atomic E-state index is 0.101. The number of rotatable bonds is 4. The molecule has 110 valence electrons. The number of hydrogen-bond acceptors (Lipinski definition) is 4. The Morgan fingerprint density at radius 2 is 2.15 bits per heavy atom. The maximum absolute atomic E-state index is 12.2. The highest BCUT2D eigenvalue weighted by Crippen LogP contribution is 2.22. The number of benzene rings is 1. The minimum Gasteiger partial charge on any atom is -0.399 e. The van der Waals surface area contributed by atoms with E-state index in [2.05, 4.69) is 5.32 Å². The van der Waals surface area contributed by atoms with Gasteiger partial charge in [0.1, 0.15) is 5.75 Å². The maximum atomic E-state index is 12.2. The van der Waals surface area contributed by atoms with E-state index in [1.165, 1.54) is 0 Å². The summed E-state index contributed by atoms with van der Waals surface area (Å²) in [7, 11) is -1.49. The van der Waals surface area contributed by atoms with E-state index >= 15 is 0 Å². The number of amides is 1. The molecule has 0 saturated carbocycles. The molecule has 0 spiro atoms. The summed E-state index contributed by atoms with van der Waals surface area (Å²) in [5.41, 5.74) is 6.11. The van der Waals surface area contributed by atoms with Crippen molar-refractivity contribution in [1.29, 1.82) is 0 Å². The second-order valence-corrected chi connectivity index (χ2v) is 6.46. The molecule has 7 heteroatoms. The molecule has 3 N–H and O–H groups in total. The third kappa shape index (κ3) is 4.19. The lowest BCUT2D eigenvalue weighted by molar-refractivity contribution is -0.119. The van der Waals surface area contributed by atoms with E-state index in [4.69, 9.17) is 22.1 Å². The molecule has 1 fully saturated rings. The second-order valence-electron chi connectivity index (χ2n) is 4.63. The lowest BCUT2D eigenvalue weighted by Crippen LogP contribution is -2.40. The van der Waals surface area contributed by atoms with Gasteiger partial charge in [-0.05, 0) is 31.0 Å². The van der Waals surface area contributed by atoms with E-state index in [0.717, 1.165) is 12.8 Å². The predicted molar refractivity (Wildman–Crippen MR) is 79.1 cm³/mol. The summed E-state index contributed by atoms with van der Waals surface area (Å²) in [6.45, 7) is 1.30. The summed E-state index contributed by atoms with van der Waals surface area (Å²) in [5, 5.41) is 3.23. The Morgan fingerprint density at radius 3 is 2.85 bits per heavy atom. The van der Waals surface area contributed by atoms with Crippen LogP contribution < -0.4 is 11.1 Å². The quantitative estimate of drug-likeness (QED) is 0.821. The largest absolute Gasteiger partial charge is 0.399 e. The average Bonchev–Trinajstić information content (AvgIpc) is 2.42. The summed E-state index contributed by atoms with van der Waals surface area (Å²) in [5.74, 6) is -0.353. The first-order chi connectivity index (χ1) is 9.56. The number of ether oxygens (including phenoxy) is 1. The molecule has 1 atom stereocenters. The van der Waals surface area contributed by atoms with Crippen LogP contribution in [0, 0.1) is 0 Å². The SMILES string of the molecule is Nc1ccc(Cl)c(S(=O)CC(=O)NC2CCOCC2)c1. The predicted octanol–water partition coefficient (Wildman–Crippen LogP) is 1.32. The Morgan fingerprint density at radius 1 is 1.45 bits per heavy atom. The molecule has 1 aliphatic rings. The molecule has 0 aromatic heterocycles. The first-order valence-corrected chi connectivity index (χ1v) is 8.06. The number of nitrogens with one attached hydrogen (secondary N) is 1. The maximum Gasteiger partial charge on any atom is 0.233 e. The molecule has 0 bridgehead atoms. The topological polar surface area (TPSA) is 81.4 Å². The van der Waals surface area contributed by atoms with Crippen molar-refractivity contribution in [1.82, 2.24) is 5.32 Å². The molecule has 2 rings (SSSR count). The zero-order valence-corrected chi connectivity index (χ0v) is 12.5. The zero-order valence-electron chi connectivity index (χ0n) is 10.9. The third-order valence-electron chi connectivity index (χ3n) is 3.05. The van der Waals surface area contributed by atoms with Gasteiger partial charge in [-0.3, -0.25) is 9.00 Å². The van der Waals surface area contributed by atoms with Gasteiger partial charge in [-0.1, -0.05) is 11.6 Å². The smallest absolute Gasteiger partial charge is 0.233 e. The number of nitrogens with two attached hydrogens (primary N) is 1. The molecule has 20 heavy (non-hydrogen) atoms. The molecule has 1 saturated heterocycles. The minimum atomic E-state index is -1.49. The van der Waals surface area contributed by atoms with Gasteiger partial charge in [0.05, 0.1) is 20.7 Å². The summed E-state index contributed by atoms with van der Waals surface area (Å²) in [4.78, 5) is 12.3. The average molecular weight is 317 g/mol. The van der Waals surface area contributed by atoms with Crippen LogP contribution >= 0.6 is 11.6 Å². The Labute approximate surface area is 125 Å². The van der Waals surface area contributed by atoms with E-state index in [1.54, 1.807) is 18.2 Å². The molecule has 1 amide bonds. The lowest BCUT2D eigenvalue weighted by atomic mass is 10.1. The van der Waals surface area contributed by atoms with Crippen LogP contribution in [0.1, 0.15) is 12.8 Å². The molecule has 5 nitrogen and oxygen atoms in total. The van der Waals surface area contributed by atoms with Crippen LogP contribution in [0.2, 0.25) is 5.02 Å². The molecule has 0 aliphatic carbocycles. The van der Waals surface area contributed by atoms with Crippen LogP contribution in [-0.4, -0.2) is 35.1 Å². The van der Waals surface area contributed by atoms with Crippen LogP contribution in [0.15, 0.2) is 23.1 Å². The number of anilines is 1. The van der Waals surface area contributed by atoms with Gasteiger partial charge in [0.2, 0.25) is 5.91 Å². The number of carbonyl (C=O) groups is 1. The Bertz CT molecular complexity index is 518. The summed E-state index contributed by atoms with van der Waals surface area (Å²) < 4.78 is 17.4. The van der Waals surface area contributed by atoms with Gasteiger partial charge >= 0.3 is 0 Å². The van der Waals surface area contributed by atoms with Gasteiger partial charge in [-0.2, -0.15) is 0 Å². The first-order valence-electron chi connectivity index (χ1n) is 6.37. The lowest BCUT2D eigenvalue weighted by Gasteiger charge is -2.23.